The van der Waals surface area contributed by atoms with Gasteiger partial charge in [0.25, 0.3) is 5.91 Å². The van der Waals surface area contributed by atoms with Crippen molar-refractivity contribution in [2.24, 2.45) is 0 Å². The largest absolute Gasteiger partial charge is 0.497 e. The summed E-state index contributed by atoms with van der Waals surface area (Å²) in [5, 5.41) is 12.5. The summed E-state index contributed by atoms with van der Waals surface area (Å²) in [5.41, 5.74) is 1.37. The maximum atomic E-state index is 12.5. The molecule has 0 aliphatic heterocycles. The van der Waals surface area contributed by atoms with E-state index in [1.807, 2.05) is 25.1 Å². The highest BCUT2D eigenvalue weighted by Gasteiger charge is 2.14. The third-order valence-electron chi connectivity index (χ3n) is 3.97. The van der Waals surface area contributed by atoms with Crippen LogP contribution in [0.5, 0.6) is 17.2 Å². The number of carbonyl (C=O) groups excluding carboxylic acids is 1. The van der Waals surface area contributed by atoms with E-state index in [2.05, 4.69) is 11.9 Å². The molecule has 0 saturated carbocycles. The van der Waals surface area contributed by atoms with Gasteiger partial charge in [0.1, 0.15) is 24.0 Å². The standard InChI is InChI=1S/C23H23ClN2O4/c1-4-10-30-22-20(24)12-17(13-21(22)29-5-2)11-18(14-25)23(27)26-15-16-6-8-19(28-3)9-7-16/h4,6-9,11-13H,1,5,10,15H2,2-3H3,(H,26,27)/b18-11-. The van der Waals surface area contributed by atoms with E-state index in [9.17, 15) is 10.1 Å². The van der Waals surface area contributed by atoms with Crippen molar-refractivity contribution in [3.05, 3.63) is 70.8 Å². The first-order valence-electron chi connectivity index (χ1n) is 9.25. The minimum Gasteiger partial charge on any atom is -0.497 e. The number of benzene rings is 2. The van der Waals surface area contributed by atoms with Crippen LogP contribution in [0, 0.1) is 11.3 Å². The summed E-state index contributed by atoms with van der Waals surface area (Å²) in [7, 11) is 1.59. The van der Waals surface area contributed by atoms with Crippen LogP contribution in [0.4, 0.5) is 0 Å². The fourth-order valence-electron chi connectivity index (χ4n) is 2.55. The van der Waals surface area contributed by atoms with Crippen LogP contribution >= 0.6 is 11.6 Å². The van der Waals surface area contributed by atoms with E-state index in [1.54, 1.807) is 37.5 Å². The smallest absolute Gasteiger partial charge is 0.262 e. The molecule has 0 aromatic heterocycles. The number of rotatable bonds is 10. The van der Waals surface area contributed by atoms with Crippen molar-refractivity contribution < 1.29 is 19.0 Å². The first kappa shape index (κ1) is 22.9. The molecule has 0 spiro atoms. The summed E-state index contributed by atoms with van der Waals surface area (Å²) in [6.07, 6.45) is 3.05. The van der Waals surface area contributed by atoms with Gasteiger partial charge in [-0.05, 0) is 48.4 Å². The van der Waals surface area contributed by atoms with Gasteiger partial charge in [-0.25, -0.2) is 0 Å². The van der Waals surface area contributed by atoms with Gasteiger partial charge in [0.05, 0.1) is 18.7 Å². The molecule has 6 nitrogen and oxygen atoms in total. The van der Waals surface area contributed by atoms with Gasteiger partial charge in [0.15, 0.2) is 11.5 Å². The lowest BCUT2D eigenvalue weighted by Gasteiger charge is -2.13. The lowest BCUT2D eigenvalue weighted by atomic mass is 10.1. The molecule has 30 heavy (non-hydrogen) atoms. The van der Waals surface area contributed by atoms with Crippen molar-refractivity contribution in [3.63, 3.8) is 0 Å². The molecular formula is C23H23ClN2O4. The number of hydrogen-bond donors (Lipinski definition) is 1. The monoisotopic (exact) mass is 426 g/mol. The van der Waals surface area contributed by atoms with Gasteiger partial charge in [0.2, 0.25) is 0 Å². The van der Waals surface area contributed by atoms with Gasteiger partial charge in [-0.2, -0.15) is 5.26 Å². The van der Waals surface area contributed by atoms with Crippen molar-refractivity contribution >= 4 is 23.6 Å². The van der Waals surface area contributed by atoms with Gasteiger partial charge in [0, 0.05) is 6.54 Å². The Balaban J connectivity index is 2.19. The number of nitrogens with zero attached hydrogens (tertiary/aromatic N) is 1. The third-order valence-corrected chi connectivity index (χ3v) is 4.25. The molecule has 0 aliphatic carbocycles. The number of halogens is 1. The predicted molar refractivity (Wildman–Crippen MR) is 117 cm³/mol. The zero-order chi connectivity index (χ0) is 21.9. The van der Waals surface area contributed by atoms with E-state index < -0.39 is 5.91 Å². The van der Waals surface area contributed by atoms with E-state index in [0.29, 0.717) is 28.7 Å². The molecule has 2 aromatic carbocycles. The molecule has 0 aliphatic rings. The molecule has 1 N–H and O–H groups in total. The number of nitriles is 1. The summed E-state index contributed by atoms with van der Waals surface area (Å²) < 4.78 is 16.3. The summed E-state index contributed by atoms with van der Waals surface area (Å²) in [6.45, 7) is 6.40. The predicted octanol–water partition coefficient (Wildman–Crippen LogP) is 4.54. The average molecular weight is 427 g/mol. The molecule has 7 heteroatoms. The van der Waals surface area contributed by atoms with E-state index >= 15 is 0 Å². The molecular weight excluding hydrogens is 404 g/mol. The second kappa shape index (κ2) is 11.5. The first-order valence-corrected chi connectivity index (χ1v) is 9.63. The van der Waals surface area contributed by atoms with Crippen LogP contribution in [-0.2, 0) is 11.3 Å². The fraction of sp³-hybridized carbons (Fsp3) is 0.217. The minimum absolute atomic E-state index is 0.0539. The van der Waals surface area contributed by atoms with Gasteiger partial charge < -0.3 is 19.5 Å². The van der Waals surface area contributed by atoms with Gasteiger partial charge in [-0.3, -0.25) is 4.79 Å². The van der Waals surface area contributed by atoms with Crippen molar-refractivity contribution in [1.29, 1.82) is 5.26 Å². The summed E-state index contributed by atoms with van der Waals surface area (Å²) in [6, 6.07) is 12.5. The van der Waals surface area contributed by atoms with Crippen LogP contribution in [0.2, 0.25) is 5.02 Å². The van der Waals surface area contributed by atoms with E-state index in [-0.39, 0.29) is 18.7 Å². The Labute approximate surface area is 181 Å². The molecule has 0 atom stereocenters. The second-order valence-electron chi connectivity index (χ2n) is 6.06. The van der Waals surface area contributed by atoms with E-state index in [0.717, 1.165) is 11.3 Å². The summed E-state index contributed by atoms with van der Waals surface area (Å²) in [4.78, 5) is 12.5. The highest BCUT2D eigenvalue weighted by atomic mass is 35.5. The summed E-state index contributed by atoms with van der Waals surface area (Å²) >= 11 is 6.32. The highest BCUT2D eigenvalue weighted by Crippen LogP contribution is 2.37. The Bertz CT molecular complexity index is 962. The van der Waals surface area contributed by atoms with Gasteiger partial charge in [-0.15, -0.1) is 0 Å². The van der Waals surface area contributed by atoms with E-state index in [4.69, 9.17) is 25.8 Å². The van der Waals surface area contributed by atoms with Crippen LogP contribution in [0.25, 0.3) is 6.08 Å². The Morgan fingerprint density at radius 1 is 1.27 bits per heavy atom. The Hall–Kier alpha value is -3.43. The maximum absolute atomic E-state index is 12.5. The molecule has 0 fully saturated rings. The lowest BCUT2D eigenvalue weighted by Crippen LogP contribution is -2.23. The topological polar surface area (TPSA) is 80.6 Å². The van der Waals surface area contributed by atoms with Crippen LogP contribution < -0.4 is 19.5 Å². The van der Waals surface area contributed by atoms with Crippen molar-refractivity contribution in [3.8, 4) is 23.3 Å². The van der Waals surface area contributed by atoms with Gasteiger partial charge in [-0.1, -0.05) is 36.4 Å². The van der Waals surface area contributed by atoms with E-state index in [1.165, 1.54) is 6.08 Å². The Morgan fingerprint density at radius 2 is 2.00 bits per heavy atom. The molecule has 156 valence electrons. The first-order chi connectivity index (χ1) is 14.5. The normalized spacial score (nSPS) is 10.7. The second-order valence-corrected chi connectivity index (χ2v) is 6.47. The van der Waals surface area contributed by atoms with Crippen LogP contribution in [-0.4, -0.2) is 26.2 Å². The zero-order valence-corrected chi connectivity index (χ0v) is 17.7. The molecule has 0 saturated heterocycles. The summed E-state index contributed by atoms with van der Waals surface area (Å²) in [5.74, 6) is 1.05. The fourth-order valence-corrected chi connectivity index (χ4v) is 2.83. The average Bonchev–Trinajstić information content (AvgIpc) is 2.75. The minimum atomic E-state index is -0.491. The highest BCUT2D eigenvalue weighted by molar-refractivity contribution is 6.32. The third kappa shape index (κ3) is 6.29. The molecule has 2 rings (SSSR count). The molecule has 0 bridgehead atoms. The Kier molecular flexibility index (Phi) is 8.79. The van der Waals surface area contributed by atoms with Crippen LogP contribution in [0.15, 0.2) is 54.6 Å². The maximum Gasteiger partial charge on any atom is 0.262 e. The number of amides is 1. The van der Waals surface area contributed by atoms with Crippen molar-refractivity contribution in [1.82, 2.24) is 5.32 Å². The molecule has 0 unspecified atom stereocenters. The quantitative estimate of drug-likeness (QED) is 0.343. The van der Waals surface area contributed by atoms with Gasteiger partial charge >= 0.3 is 0 Å². The molecule has 0 heterocycles. The van der Waals surface area contributed by atoms with Crippen molar-refractivity contribution in [2.45, 2.75) is 13.5 Å². The molecule has 0 radical (unpaired) electrons. The SMILES string of the molecule is C=CCOc1c(Cl)cc(/C=C(/C#N)C(=O)NCc2ccc(OC)cc2)cc1OCC. The molecule has 1 amide bonds. The Morgan fingerprint density at radius 3 is 2.60 bits per heavy atom. The lowest BCUT2D eigenvalue weighted by molar-refractivity contribution is -0.117. The van der Waals surface area contributed by atoms with Crippen LogP contribution in [0.3, 0.4) is 0 Å². The number of hydrogen-bond acceptors (Lipinski definition) is 5. The number of ether oxygens (including phenoxy) is 3. The number of nitrogens with one attached hydrogen (secondary N) is 1. The zero-order valence-electron chi connectivity index (χ0n) is 16.9. The van der Waals surface area contributed by atoms with Crippen molar-refractivity contribution in [2.75, 3.05) is 20.3 Å². The number of methoxy groups -OCH3 is 1. The number of carbonyl (C=O) groups is 1. The van der Waals surface area contributed by atoms with Crippen LogP contribution in [0.1, 0.15) is 18.1 Å². The molecule has 2 aromatic rings.